The molecule has 5 atom stereocenters. The molecule has 1 aliphatic heterocycles. The van der Waals surface area contributed by atoms with Gasteiger partial charge in [-0.2, -0.15) is 0 Å². The predicted molar refractivity (Wildman–Crippen MR) is 186 cm³/mol. The van der Waals surface area contributed by atoms with Crippen molar-refractivity contribution in [3.8, 4) is 0 Å². The number of hydrogen-bond acceptors (Lipinski definition) is 6. The summed E-state index contributed by atoms with van der Waals surface area (Å²) in [5, 5.41) is 12.0. The van der Waals surface area contributed by atoms with Crippen LogP contribution in [0.3, 0.4) is 0 Å². The van der Waals surface area contributed by atoms with Crippen molar-refractivity contribution in [1.29, 1.82) is 0 Å². The highest BCUT2D eigenvalue weighted by molar-refractivity contribution is 5.47. The standard InChI is InChI=1S/C42H42O6/c1-2-28-44-41-40(46-30-33-20-10-4-11-21-33)39(45-29-32-18-8-3-9-19-32)38(43)37(48-41)31-47-42(34-22-12-5-13-23-34,35-24-14-6-15-25-35)36-26-16-7-17-27-36/h2-27,37-41,43H,1,28-31H2/t37-,38-,39+,40-,41+/m1/s1. The van der Waals surface area contributed by atoms with E-state index < -0.39 is 36.3 Å². The van der Waals surface area contributed by atoms with Crippen LogP contribution in [0.4, 0.5) is 0 Å². The quantitative estimate of drug-likeness (QED) is 0.0945. The molecule has 0 amide bonds. The number of benzene rings is 5. The highest BCUT2D eigenvalue weighted by atomic mass is 16.7. The first kappa shape index (κ1) is 33.5. The Hall–Kier alpha value is -4.40. The lowest BCUT2D eigenvalue weighted by Crippen LogP contribution is -2.61. The maximum Gasteiger partial charge on any atom is 0.187 e. The molecule has 1 heterocycles. The van der Waals surface area contributed by atoms with Crippen molar-refractivity contribution in [2.24, 2.45) is 0 Å². The summed E-state index contributed by atoms with van der Waals surface area (Å²) in [5.41, 5.74) is 3.82. The molecule has 1 N–H and O–H groups in total. The molecule has 0 spiro atoms. The van der Waals surface area contributed by atoms with Crippen molar-refractivity contribution in [2.45, 2.75) is 49.5 Å². The van der Waals surface area contributed by atoms with Gasteiger partial charge in [-0.1, -0.05) is 158 Å². The first-order chi connectivity index (χ1) is 23.7. The topological polar surface area (TPSA) is 66.4 Å². The lowest BCUT2D eigenvalue weighted by molar-refractivity contribution is -0.321. The van der Waals surface area contributed by atoms with Crippen LogP contribution in [0, 0.1) is 0 Å². The van der Waals surface area contributed by atoms with Crippen molar-refractivity contribution in [3.05, 3.63) is 192 Å². The van der Waals surface area contributed by atoms with Crippen LogP contribution in [0.25, 0.3) is 0 Å². The number of aliphatic hydroxyl groups is 1. The van der Waals surface area contributed by atoms with Gasteiger partial charge in [0, 0.05) is 0 Å². The predicted octanol–water partition coefficient (Wildman–Crippen LogP) is 7.45. The summed E-state index contributed by atoms with van der Waals surface area (Å²) in [6.45, 7) is 4.66. The molecule has 1 saturated heterocycles. The molecule has 5 aromatic carbocycles. The number of aliphatic hydroxyl groups excluding tert-OH is 1. The van der Waals surface area contributed by atoms with Crippen LogP contribution in [0.15, 0.2) is 164 Å². The zero-order valence-corrected chi connectivity index (χ0v) is 26.9. The fourth-order valence-electron chi connectivity index (χ4n) is 6.20. The van der Waals surface area contributed by atoms with Gasteiger partial charge in [-0.25, -0.2) is 0 Å². The number of ether oxygens (including phenoxy) is 5. The molecule has 246 valence electrons. The summed E-state index contributed by atoms with van der Waals surface area (Å²) in [4.78, 5) is 0. The van der Waals surface area contributed by atoms with Gasteiger partial charge < -0.3 is 28.8 Å². The Morgan fingerprint density at radius 2 is 1.00 bits per heavy atom. The third kappa shape index (κ3) is 7.83. The minimum absolute atomic E-state index is 0.0321. The van der Waals surface area contributed by atoms with Gasteiger partial charge in [0.15, 0.2) is 6.29 Å². The zero-order valence-electron chi connectivity index (χ0n) is 26.9. The van der Waals surface area contributed by atoms with E-state index in [4.69, 9.17) is 23.7 Å². The molecule has 0 aliphatic carbocycles. The summed E-state index contributed by atoms with van der Waals surface area (Å²) in [6.07, 6.45) is -2.62. The lowest BCUT2D eigenvalue weighted by Gasteiger charge is -2.45. The summed E-state index contributed by atoms with van der Waals surface area (Å²) >= 11 is 0. The number of hydrogen-bond donors (Lipinski definition) is 1. The zero-order chi connectivity index (χ0) is 33.0. The van der Waals surface area contributed by atoms with Crippen molar-refractivity contribution < 1.29 is 28.8 Å². The van der Waals surface area contributed by atoms with E-state index in [9.17, 15) is 5.11 Å². The van der Waals surface area contributed by atoms with Crippen LogP contribution >= 0.6 is 0 Å². The van der Waals surface area contributed by atoms with Crippen LogP contribution in [-0.2, 0) is 42.5 Å². The molecule has 0 aromatic heterocycles. The van der Waals surface area contributed by atoms with Gasteiger partial charge in [0.2, 0.25) is 0 Å². The minimum atomic E-state index is -1.10. The average molecular weight is 643 g/mol. The van der Waals surface area contributed by atoms with Gasteiger partial charge in [0.25, 0.3) is 0 Å². The minimum Gasteiger partial charge on any atom is -0.387 e. The SMILES string of the molecule is C=CCO[C@H]1O[C@H](COC(c2ccccc2)(c2ccccc2)c2ccccc2)[C@@H](O)[C@H](OCc2ccccc2)[C@H]1OCc1ccccc1. The van der Waals surface area contributed by atoms with E-state index in [0.717, 1.165) is 27.8 Å². The maximum atomic E-state index is 12.0. The van der Waals surface area contributed by atoms with Crippen molar-refractivity contribution >= 4 is 0 Å². The van der Waals surface area contributed by atoms with Gasteiger partial charge in [-0.3, -0.25) is 0 Å². The van der Waals surface area contributed by atoms with Crippen molar-refractivity contribution in [3.63, 3.8) is 0 Å². The second-order valence-corrected chi connectivity index (χ2v) is 11.8. The third-order valence-electron chi connectivity index (χ3n) is 8.57. The van der Waals surface area contributed by atoms with Crippen LogP contribution in [0.1, 0.15) is 27.8 Å². The molecular weight excluding hydrogens is 600 g/mol. The summed E-state index contributed by atoms with van der Waals surface area (Å²) < 4.78 is 32.7. The smallest absolute Gasteiger partial charge is 0.187 e. The fraction of sp³-hybridized carbons (Fsp3) is 0.238. The Morgan fingerprint density at radius 1 is 0.583 bits per heavy atom. The molecule has 0 bridgehead atoms. The van der Waals surface area contributed by atoms with Gasteiger partial charge in [-0.05, 0) is 27.8 Å². The van der Waals surface area contributed by atoms with E-state index in [1.807, 2.05) is 115 Å². The largest absolute Gasteiger partial charge is 0.387 e. The Labute approximate surface area is 283 Å². The fourth-order valence-corrected chi connectivity index (χ4v) is 6.20. The van der Waals surface area contributed by atoms with E-state index in [-0.39, 0.29) is 19.8 Å². The van der Waals surface area contributed by atoms with E-state index in [1.54, 1.807) is 6.08 Å². The average Bonchev–Trinajstić information content (AvgIpc) is 3.16. The second kappa shape index (κ2) is 16.6. The third-order valence-corrected chi connectivity index (χ3v) is 8.57. The van der Waals surface area contributed by atoms with Gasteiger partial charge in [0.05, 0.1) is 26.4 Å². The monoisotopic (exact) mass is 642 g/mol. The molecule has 0 saturated carbocycles. The molecule has 0 radical (unpaired) electrons. The summed E-state index contributed by atoms with van der Waals surface area (Å²) in [7, 11) is 0. The summed E-state index contributed by atoms with van der Waals surface area (Å²) in [6, 6.07) is 50.1. The van der Waals surface area contributed by atoms with Gasteiger partial charge in [0.1, 0.15) is 30.0 Å². The van der Waals surface area contributed by atoms with Crippen LogP contribution < -0.4 is 0 Å². The van der Waals surface area contributed by atoms with Crippen molar-refractivity contribution in [1.82, 2.24) is 0 Å². The molecular formula is C42H42O6. The van der Waals surface area contributed by atoms with Crippen LogP contribution in [0.2, 0.25) is 0 Å². The Balaban J connectivity index is 1.34. The molecule has 48 heavy (non-hydrogen) atoms. The highest BCUT2D eigenvalue weighted by Gasteiger charge is 2.49. The highest BCUT2D eigenvalue weighted by Crippen LogP contribution is 2.41. The van der Waals surface area contributed by atoms with Crippen LogP contribution in [0.5, 0.6) is 0 Å². The maximum absolute atomic E-state index is 12.0. The molecule has 1 aliphatic rings. The molecule has 6 rings (SSSR count). The first-order valence-corrected chi connectivity index (χ1v) is 16.4. The first-order valence-electron chi connectivity index (χ1n) is 16.4. The Kier molecular flexibility index (Phi) is 11.6. The van der Waals surface area contributed by atoms with E-state index in [0.29, 0.717) is 6.61 Å². The molecule has 6 heteroatoms. The van der Waals surface area contributed by atoms with Crippen molar-refractivity contribution in [2.75, 3.05) is 13.2 Å². The molecule has 0 unspecified atom stereocenters. The van der Waals surface area contributed by atoms with Crippen LogP contribution in [-0.4, -0.2) is 49.0 Å². The Morgan fingerprint density at radius 3 is 1.44 bits per heavy atom. The normalized spacial score (nSPS) is 21.1. The second-order valence-electron chi connectivity index (χ2n) is 11.8. The summed E-state index contributed by atoms with van der Waals surface area (Å²) in [5.74, 6) is 0. The molecule has 5 aromatic rings. The van der Waals surface area contributed by atoms with E-state index >= 15 is 0 Å². The molecule has 6 nitrogen and oxygen atoms in total. The lowest BCUT2D eigenvalue weighted by atomic mass is 9.80. The van der Waals surface area contributed by atoms with Gasteiger partial charge in [-0.15, -0.1) is 6.58 Å². The van der Waals surface area contributed by atoms with E-state index in [2.05, 4.69) is 43.0 Å². The number of rotatable bonds is 15. The molecule has 1 fully saturated rings. The van der Waals surface area contributed by atoms with Gasteiger partial charge >= 0.3 is 0 Å². The van der Waals surface area contributed by atoms with E-state index in [1.165, 1.54) is 0 Å². The Bertz CT molecular complexity index is 1550.